The molecule has 94 valence electrons. The van der Waals surface area contributed by atoms with E-state index in [1.807, 2.05) is 6.08 Å². The molecule has 5 nitrogen and oxygen atoms in total. The highest BCUT2D eigenvalue weighted by molar-refractivity contribution is 7.89. The zero-order chi connectivity index (χ0) is 12.0. The molecule has 0 atom stereocenters. The highest BCUT2D eigenvalue weighted by Crippen LogP contribution is 2.14. The van der Waals surface area contributed by atoms with Crippen LogP contribution in [0.5, 0.6) is 0 Å². The first kappa shape index (κ1) is 13.6. The van der Waals surface area contributed by atoms with Crippen molar-refractivity contribution in [3.8, 4) is 0 Å². The number of nitrogens with zero attached hydrogens (tertiary/aromatic N) is 1. The van der Waals surface area contributed by atoms with Gasteiger partial charge in [-0.3, -0.25) is 0 Å². The molecule has 1 rings (SSSR count). The maximum Gasteiger partial charge on any atom is 0.214 e. The van der Waals surface area contributed by atoms with Crippen molar-refractivity contribution in [1.82, 2.24) is 4.31 Å². The van der Waals surface area contributed by atoms with E-state index in [1.165, 1.54) is 9.88 Å². The Morgan fingerprint density at radius 3 is 2.81 bits per heavy atom. The van der Waals surface area contributed by atoms with Crippen LogP contribution in [0.4, 0.5) is 0 Å². The van der Waals surface area contributed by atoms with Crippen LogP contribution in [0, 0.1) is 0 Å². The molecule has 1 aliphatic rings. The molecule has 2 N–H and O–H groups in total. The number of ether oxygens (including phenoxy) is 1. The van der Waals surface area contributed by atoms with Crippen molar-refractivity contribution in [3.63, 3.8) is 0 Å². The summed E-state index contributed by atoms with van der Waals surface area (Å²) >= 11 is 0. The summed E-state index contributed by atoms with van der Waals surface area (Å²) < 4.78 is 30.2. The van der Waals surface area contributed by atoms with Crippen LogP contribution in [0.15, 0.2) is 11.6 Å². The summed E-state index contributed by atoms with van der Waals surface area (Å²) in [7, 11) is -1.47. The third-order valence-electron chi connectivity index (χ3n) is 2.60. The molecule has 0 amide bonds. The van der Waals surface area contributed by atoms with Gasteiger partial charge < -0.3 is 10.5 Å². The molecule has 6 heteroatoms. The number of methoxy groups -OCH3 is 1. The second-order valence-electron chi connectivity index (χ2n) is 3.86. The SMILES string of the molecule is COCC1=CCN(S(=O)(=O)CCCN)CC1. The van der Waals surface area contributed by atoms with Gasteiger partial charge in [-0.05, 0) is 25.0 Å². The van der Waals surface area contributed by atoms with Crippen LogP contribution in [-0.4, -0.2) is 51.8 Å². The van der Waals surface area contributed by atoms with Gasteiger partial charge in [0.15, 0.2) is 0 Å². The number of hydrogen-bond donors (Lipinski definition) is 1. The van der Waals surface area contributed by atoms with Gasteiger partial charge in [0.25, 0.3) is 0 Å². The maximum absolute atomic E-state index is 11.8. The second-order valence-corrected chi connectivity index (χ2v) is 5.95. The number of rotatable bonds is 6. The molecule has 0 aliphatic carbocycles. The molecule has 0 aromatic rings. The van der Waals surface area contributed by atoms with Crippen LogP contribution in [0.2, 0.25) is 0 Å². The zero-order valence-electron chi connectivity index (χ0n) is 9.68. The van der Waals surface area contributed by atoms with Crippen LogP contribution in [0.25, 0.3) is 0 Å². The standard InChI is InChI=1S/C10H20N2O3S/c1-15-9-10-3-6-12(7-4-10)16(13,14)8-2-5-11/h3H,2,4-9,11H2,1H3. The fourth-order valence-electron chi connectivity index (χ4n) is 1.66. The van der Waals surface area contributed by atoms with E-state index in [2.05, 4.69) is 0 Å². The first-order valence-corrected chi connectivity index (χ1v) is 7.06. The van der Waals surface area contributed by atoms with Crippen LogP contribution < -0.4 is 5.73 Å². The van der Waals surface area contributed by atoms with Crippen molar-refractivity contribution in [2.75, 3.05) is 39.1 Å². The van der Waals surface area contributed by atoms with Crippen molar-refractivity contribution >= 4 is 10.0 Å². The summed E-state index contributed by atoms with van der Waals surface area (Å²) in [5.74, 6) is 0.150. The van der Waals surface area contributed by atoms with Crippen LogP contribution in [0.1, 0.15) is 12.8 Å². The lowest BCUT2D eigenvalue weighted by molar-refractivity contribution is 0.219. The van der Waals surface area contributed by atoms with E-state index in [0.29, 0.717) is 32.7 Å². The molecular formula is C10H20N2O3S. The van der Waals surface area contributed by atoms with Crippen LogP contribution in [-0.2, 0) is 14.8 Å². The Hall–Kier alpha value is -0.430. The number of sulfonamides is 1. The van der Waals surface area contributed by atoms with Crippen LogP contribution in [0.3, 0.4) is 0 Å². The zero-order valence-corrected chi connectivity index (χ0v) is 10.5. The van der Waals surface area contributed by atoms with Gasteiger partial charge in [0, 0.05) is 20.2 Å². The number of nitrogens with two attached hydrogens (primary N) is 1. The molecule has 0 bridgehead atoms. The fourth-order valence-corrected chi connectivity index (χ4v) is 3.12. The Kier molecular flexibility index (Phi) is 5.40. The van der Waals surface area contributed by atoms with Crippen molar-refractivity contribution in [2.45, 2.75) is 12.8 Å². The largest absolute Gasteiger partial charge is 0.380 e. The molecule has 1 heterocycles. The van der Waals surface area contributed by atoms with E-state index in [1.54, 1.807) is 7.11 Å². The minimum atomic E-state index is -3.12. The normalized spacial score (nSPS) is 18.5. The molecule has 0 saturated carbocycles. The quantitative estimate of drug-likeness (QED) is 0.669. The van der Waals surface area contributed by atoms with Gasteiger partial charge in [0.1, 0.15) is 0 Å². The Bertz CT molecular complexity index is 338. The third kappa shape index (κ3) is 3.86. The first-order chi connectivity index (χ1) is 7.60. The van der Waals surface area contributed by atoms with Gasteiger partial charge in [-0.25, -0.2) is 8.42 Å². The molecule has 1 aliphatic heterocycles. The van der Waals surface area contributed by atoms with Gasteiger partial charge in [-0.15, -0.1) is 0 Å². The van der Waals surface area contributed by atoms with Crippen molar-refractivity contribution in [3.05, 3.63) is 11.6 Å². The predicted octanol–water partition coefficient (Wildman–Crippen LogP) is -0.0565. The molecule has 0 spiro atoms. The summed E-state index contributed by atoms with van der Waals surface area (Å²) in [6, 6.07) is 0. The molecule has 0 saturated heterocycles. The average molecular weight is 248 g/mol. The Balaban J connectivity index is 2.52. The van der Waals surface area contributed by atoms with Crippen molar-refractivity contribution < 1.29 is 13.2 Å². The molecular weight excluding hydrogens is 228 g/mol. The smallest absolute Gasteiger partial charge is 0.214 e. The molecule has 0 aromatic heterocycles. The topological polar surface area (TPSA) is 72.6 Å². The van der Waals surface area contributed by atoms with Gasteiger partial charge >= 0.3 is 0 Å². The Morgan fingerprint density at radius 1 is 1.56 bits per heavy atom. The lowest BCUT2D eigenvalue weighted by atomic mass is 10.1. The van der Waals surface area contributed by atoms with Gasteiger partial charge in [-0.1, -0.05) is 6.08 Å². The van der Waals surface area contributed by atoms with E-state index in [4.69, 9.17) is 10.5 Å². The predicted molar refractivity (Wildman–Crippen MR) is 63.6 cm³/mol. The lowest BCUT2D eigenvalue weighted by Gasteiger charge is -2.25. The molecule has 0 radical (unpaired) electrons. The highest BCUT2D eigenvalue weighted by Gasteiger charge is 2.23. The highest BCUT2D eigenvalue weighted by atomic mass is 32.2. The third-order valence-corrected chi connectivity index (χ3v) is 4.52. The summed E-state index contributed by atoms with van der Waals surface area (Å²) in [5, 5.41) is 0. The van der Waals surface area contributed by atoms with E-state index >= 15 is 0 Å². The van der Waals surface area contributed by atoms with Crippen molar-refractivity contribution in [2.24, 2.45) is 5.73 Å². The summed E-state index contributed by atoms with van der Waals surface area (Å²) in [5.41, 5.74) is 6.49. The minimum Gasteiger partial charge on any atom is -0.380 e. The van der Waals surface area contributed by atoms with E-state index in [9.17, 15) is 8.42 Å². The second kappa shape index (κ2) is 6.34. The summed E-state index contributed by atoms with van der Waals surface area (Å²) in [6.07, 6.45) is 3.22. The monoisotopic (exact) mass is 248 g/mol. The van der Waals surface area contributed by atoms with E-state index in [-0.39, 0.29) is 5.75 Å². The fraction of sp³-hybridized carbons (Fsp3) is 0.800. The van der Waals surface area contributed by atoms with E-state index < -0.39 is 10.0 Å². The van der Waals surface area contributed by atoms with Gasteiger partial charge in [0.2, 0.25) is 10.0 Å². The Morgan fingerprint density at radius 2 is 2.31 bits per heavy atom. The molecule has 16 heavy (non-hydrogen) atoms. The molecule has 0 fully saturated rings. The van der Waals surface area contributed by atoms with Gasteiger partial charge in [0.05, 0.1) is 12.4 Å². The lowest BCUT2D eigenvalue weighted by Crippen LogP contribution is -2.37. The van der Waals surface area contributed by atoms with Crippen molar-refractivity contribution in [1.29, 1.82) is 0 Å². The maximum atomic E-state index is 11.8. The average Bonchev–Trinajstić information content (AvgIpc) is 2.28. The minimum absolute atomic E-state index is 0.150. The number of hydrogen-bond acceptors (Lipinski definition) is 4. The first-order valence-electron chi connectivity index (χ1n) is 5.45. The summed E-state index contributed by atoms with van der Waals surface area (Å²) in [4.78, 5) is 0. The Labute approximate surface area is 97.3 Å². The summed E-state index contributed by atoms with van der Waals surface area (Å²) in [6.45, 7) is 2.03. The molecule has 0 unspecified atom stereocenters. The van der Waals surface area contributed by atoms with Gasteiger partial charge in [-0.2, -0.15) is 4.31 Å². The van der Waals surface area contributed by atoms with Crippen LogP contribution >= 0.6 is 0 Å². The van der Waals surface area contributed by atoms with E-state index in [0.717, 1.165) is 6.42 Å². The molecule has 0 aromatic carbocycles.